The molecule has 4 aromatic rings. The van der Waals surface area contributed by atoms with Gasteiger partial charge < -0.3 is 10.1 Å². The van der Waals surface area contributed by atoms with E-state index in [2.05, 4.69) is 29.9 Å². The first-order chi connectivity index (χ1) is 14.4. The summed E-state index contributed by atoms with van der Waals surface area (Å²) in [6, 6.07) is 21.0. The van der Waals surface area contributed by atoms with Crippen LogP contribution in [0.25, 0.3) is 33.8 Å². The van der Waals surface area contributed by atoms with Crippen LogP contribution in [0.5, 0.6) is 0 Å². The van der Waals surface area contributed by atoms with Crippen LogP contribution in [-0.4, -0.2) is 26.0 Å². The van der Waals surface area contributed by atoms with Crippen LogP contribution in [0.2, 0.25) is 0 Å². The van der Waals surface area contributed by atoms with Crippen molar-refractivity contribution in [1.82, 2.24) is 15.0 Å². The summed E-state index contributed by atoms with van der Waals surface area (Å²) in [5, 5.41) is 9.13. The van der Waals surface area contributed by atoms with Crippen LogP contribution in [0.4, 0.5) is 0 Å². The lowest BCUT2D eigenvalue weighted by molar-refractivity contribution is 0.0697. The average molecular weight is 397 g/mol. The van der Waals surface area contributed by atoms with Crippen LogP contribution >= 0.6 is 0 Å². The maximum Gasteiger partial charge on any atom is 0.335 e. The van der Waals surface area contributed by atoms with E-state index in [1.165, 1.54) is 0 Å². The molecule has 4 rings (SSSR count). The third-order valence-electron chi connectivity index (χ3n) is 5.02. The topological polar surface area (TPSA) is 78.9 Å². The number of carboxylic acids is 1. The van der Waals surface area contributed by atoms with E-state index in [-0.39, 0.29) is 11.5 Å². The van der Waals surface area contributed by atoms with Gasteiger partial charge in [0, 0.05) is 17.2 Å². The number of hydrogen-bond donors (Lipinski definition) is 2. The highest BCUT2D eigenvalue weighted by molar-refractivity contribution is 5.88. The van der Waals surface area contributed by atoms with Crippen LogP contribution in [-0.2, 0) is 0 Å². The number of carboxylic acid groups (broad SMARTS) is 1. The Bertz CT molecular complexity index is 1210. The number of benzene rings is 2. The summed E-state index contributed by atoms with van der Waals surface area (Å²) < 4.78 is 0. The fraction of sp³-hybridized carbons (Fsp3) is 0.160. The molecule has 5 heteroatoms. The number of aromatic carboxylic acids is 1. The summed E-state index contributed by atoms with van der Waals surface area (Å²) >= 11 is 0. The van der Waals surface area contributed by atoms with Crippen molar-refractivity contribution in [3.05, 3.63) is 83.8 Å². The van der Waals surface area contributed by atoms with Gasteiger partial charge >= 0.3 is 5.97 Å². The zero-order valence-corrected chi connectivity index (χ0v) is 17.2. The predicted molar refractivity (Wildman–Crippen MR) is 118 cm³/mol. The van der Waals surface area contributed by atoms with E-state index in [4.69, 9.17) is 10.1 Å². The zero-order chi connectivity index (χ0) is 21.3. The lowest BCUT2D eigenvalue weighted by atomic mass is 9.99. The highest BCUT2D eigenvalue weighted by Crippen LogP contribution is 2.33. The summed E-state index contributed by atoms with van der Waals surface area (Å²) in [5.41, 5.74) is 6.80. The largest absolute Gasteiger partial charge is 0.478 e. The van der Waals surface area contributed by atoms with Gasteiger partial charge in [-0.25, -0.2) is 9.78 Å². The Morgan fingerprint density at radius 3 is 2.27 bits per heavy atom. The first kappa shape index (κ1) is 19.6. The summed E-state index contributed by atoms with van der Waals surface area (Å²) in [7, 11) is 0. The Kier molecular flexibility index (Phi) is 5.19. The van der Waals surface area contributed by atoms with Crippen molar-refractivity contribution < 1.29 is 9.90 Å². The van der Waals surface area contributed by atoms with Crippen molar-refractivity contribution in [2.75, 3.05) is 0 Å². The normalized spacial score (nSPS) is 11.1. The van der Waals surface area contributed by atoms with E-state index in [1.54, 1.807) is 12.1 Å². The van der Waals surface area contributed by atoms with Gasteiger partial charge in [-0.2, -0.15) is 0 Å². The Balaban J connectivity index is 1.81. The first-order valence-corrected chi connectivity index (χ1v) is 9.90. The van der Waals surface area contributed by atoms with Crippen molar-refractivity contribution in [3.8, 4) is 33.8 Å². The SMILES string of the molecule is Cc1cccc(-c2nc(C(C)C)[nH]c2-c2cccc(-c3ccc(C(=O)O)cc3)c2)n1. The van der Waals surface area contributed by atoms with E-state index in [0.717, 1.165) is 45.3 Å². The molecule has 2 heterocycles. The number of aromatic nitrogens is 3. The minimum absolute atomic E-state index is 0.258. The number of nitrogens with zero attached hydrogens (tertiary/aromatic N) is 2. The van der Waals surface area contributed by atoms with Crippen molar-refractivity contribution >= 4 is 5.97 Å². The molecular formula is C25H23N3O2. The third-order valence-corrected chi connectivity index (χ3v) is 5.02. The number of imidazole rings is 1. The van der Waals surface area contributed by atoms with E-state index >= 15 is 0 Å². The molecular weight excluding hydrogens is 374 g/mol. The Hall–Kier alpha value is -3.73. The highest BCUT2D eigenvalue weighted by atomic mass is 16.4. The van der Waals surface area contributed by atoms with E-state index in [0.29, 0.717) is 0 Å². The maximum absolute atomic E-state index is 11.1. The predicted octanol–water partition coefficient (Wildman–Crippen LogP) is 5.94. The minimum atomic E-state index is -0.927. The molecule has 2 aromatic carbocycles. The molecule has 2 aromatic heterocycles. The molecule has 0 aliphatic rings. The van der Waals surface area contributed by atoms with Gasteiger partial charge in [0.05, 0.1) is 17.0 Å². The van der Waals surface area contributed by atoms with Gasteiger partial charge in [-0.15, -0.1) is 0 Å². The van der Waals surface area contributed by atoms with Crippen molar-refractivity contribution in [2.45, 2.75) is 26.7 Å². The van der Waals surface area contributed by atoms with Crippen LogP contribution in [0.3, 0.4) is 0 Å². The summed E-state index contributed by atoms with van der Waals surface area (Å²) in [4.78, 5) is 24.1. The molecule has 2 N–H and O–H groups in total. The van der Waals surface area contributed by atoms with Gasteiger partial charge in [0.25, 0.3) is 0 Å². The van der Waals surface area contributed by atoms with Crippen molar-refractivity contribution in [2.24, 2.45) is 0 Å². The second kappa shape index (κ2) is 7.95. The van der Waals surface area contributed by atoms with Crippen molar-refractivity contribution in [1.29, 1.82) is 0 Å². The highest BCUT2D eigenvalue weighted by Gasteiger charge is 2.17. The smallest absolute Gasteiger partial charge is 0.335 e. The molecule has 0 spiro atoms. The number of aryl methyl sites for hydroxylation is 1. The number of nitrogens with one attached hydrogen (secondary N) is 1. The standard InChI is InChI=1S/C25H23N3O2/c1-15(2)24-27-22(23(28-24)21-9-4-6-16(3)26-21)20-8-5-7-19(14-20)17-10-12-18(13-11-17)25(29)30/h4-15H,1-3H3,(H,27,28)(H,29,30). The molecule has 0 aliphatic carbocycles. The van der Waals surface area contributed by atoms with Crippen molar-refractivity contribution in [3.63, 3.8) is 0 Å². The Morgan fingerprint density at radius 1 is 0.900 bits per heavy atom. The lowest BCUT2D eigenvalue weighted by Gasteiger charge is -2.07. The number of aromatic amines is 1. The second-order valence-electron chi connectivity index (χ2n) is 7.63. The summed E-state index contributed by atoms with van der Waals surface area (Å²) in [5.74, 6) is 0.248. The number of hydrogen-bond acceptors (Lipinski definition) is 3. The number of H-pyrrole nitrogens is 1. The minimum Gasteiger partial charge on any atom is -0.478 e. The summed E-state index contributed by atoms with van der Waals surface area (Å²) in [6.07, 6.45) is 0. The Labute approximate surface area is 175 Å². The Morgan fingerprint density at radius 2 is 1.60 bits per heavy atom. The van der Waals surface area contributed by atoms with Crippen LogP contribution in [0, 0.1) is 6.92 Å². The molecule has 0 saturated carbocycles. The monoisotopic (exact) mass is 397 g/mol. The van der Waals surface area contributed by atoms with Gasteiger partial charge in [-0.05, 0) is 48.4 Å². The molecule has 0 unspecified atom stereocenters. The van der Waals surface area contributed by atoms with E-state index in [9.17, 15) is 4.79 Å². The van der Waals surface area contributed by atoms with Crippen LogP contribution in [0.1, 0.15) is 41.6 Å². The van der Waals surface area contributed by atoms with Gasteiger partial charge in [0.15, 0.2) is 0 Å². The molecule has 0 atom stereocenters. The molecule has 0 saturated heterocycles. The molecule has 0 radical (unpaired) electrons. The third kappa shape index (κ3) is 3.87. The van der Waals surface area contributed by atoms with Gasteiger partial charge in [0.2, 0.25) is 0 Å². The number of rotatable bonds is 5. The van der Waals surface area contributed by atoms with Gasteiger partial charge in [-0.1, -0.05) is 50.2 Å². The van der Waals surface area contributed by atoms with Gasteiger partial charge in [0.1, 0.15) is 11.5 Å². The number of pyridine rings is 1. The molecule has 0 bridgehead atoms. The molecule has 0 fully saturated rings. The van der Waals surface area contributed by atoms with Crippen LogP contribution in [0.15, 0.2) is 66.7 Å². The molecule has 5 nitrogen and oxygen atoms in total. The first-order valence-electron chi connectivity index (χ1n) is 9.90. The maximum atomic E-state index is 11.1. The fourth-order valence-electron chi connectivity index (χ4n) is 3.39. The molecule has 150 valence electrons. The van der Waals surface area contributed by atoms with E-state index in [1.807, 2.05) is 55.5 Å². The fourth-order valence-corrected chi connectivity index (χ4v) is 3.39. The van der Waals surface area contributed by atoms with Crippen LogP contribution < -0.4 is 0 Å². The zero-order valence-electron chi connectivity index (χ0n) is 17.2. The lowest BCUT2D eigenvalue weighted by Crippen LogP contribution is -1.95. The quantitative estimate of drug-likeness (QED) is 0.437. The van der Waals surface area contributed by atoms with Gasteiger partial charge in [-0.3, -0.25) is 4.98 Å². The average Bonchev–Trinajstić information content (AvgIpc) is 3.20. The molecule has 0 aliphatic heterocycles. The second-order valence-corrected chi connectivity index (χ2v) is 7.63. The number of carbonyl (C=O) groups is 1. The van der Waals surface area contributed by atoms with E-state index < -0.39 is 5.97 Å². The summed E-state index contributed by atoms with van der Waals surface area (Å²) in [6.45, 7) is 6.19. The molecule has 0 amide bonds. The molecule has 30 heavy (non-hydrogen) atoms.